The molecule has 34 rings (SSSR count). The van der Waals surface area contributed by atoms with Gasteiger partial charge in [-0.2, -0.15) is 0 Å². The number of hydrogen-bond acceptors (Lipinski definition) is 12. The van der Waals surface area contributed by atoms with E-state index >= 15 is 0 Å². The largest absolute Gasteiger partial charge is 0.489 e. The molecule has 0 saturated carbocycles. The Morgan fingerprint density at radius 2 is 0.220 bits per heavy atom. The molecule has 16 aliphatic carbocycles. The van der Waals surface area contributed by atoms with E-state index in [4.69, 9.17) is 56.8 Å². The van der Waals surface area contributed by atoms with Gasteiger partial charge < -0.3 is 56.8 Å². The fraction of sp³-hybridized carbons (Fsp3) is 0.368. The normalized spacial score (nSPS) is 12.1. The van der Waals surface area contributed by atoms with Gasteiger partial charge in [0.2, 0.25) is 75.9 Å². The number of aromatic nitrogens is 24. The topological polar surface area (TPSA) is 216 Å². The fourth-order valence-corrected chi connectivity index (χ4v) is 19.1. The summed E-state index contributed by atoms with van der Waals surface area (Å²) in [5, 5.41) is 0. The summed E-state index contributed by atoms with van der Waals surface area (Å²) in [5.74, 6) is 8.02. The van der Waals surface area contributed by atoms with Crippen molar-refractivity contribution in [3.8, 4) is 69.0 Å². The van der Waals surface area contributed by atoms with Crippen molar-refractivity contribution >= 4 is 0 Å². The van der Waals surface area contributed by atoms with Crippen LogP contribution in [0.4, 0.5) is 0 Å². The van der Waals surface area contributed by atoms with E-state index < -0.39 is 0 Å². The Morgan fingerprint density at radius 1 is 0.140 bits per heavy atom. The van der Waals surface area contributed by atoms with Crippen LogP contribution in [0.15, 0.2) is 297 Å². The van der Waals surface area contributed by atoms with Gasteiger partial charge in [0.25, 0.3) is 0 Å². The minimum Gasteiger partial charge on any atom is -0.489 e. The first kappa shape index (κ1) is 102. The zero-order chi connectivity index (χ0) is 103. The molecule has 0 radical (unpaired) electrons. The van der Waals surface area contributed by atoms with Crippen LogP contribution >= 0.6 is 0 Å². The molecule has 0 N–H and O–H groups in total. The van der Waals surface area contributed by atoms with Crippen LogP contribution in [0.25, 0.3) is 0 Å². The molecule has 36 nitrogen and oxygen atoms in total. The molecule has 6 aromatic carbocycles. The maximum Gasteiger partial charge on any atom is 0.243 e. The number of ether oxygens (including phenoxy) is 12. The van der Waals surface area contributed by atoms with Crippen LogP contribution in [-0.2, 0) is 202 Å². The van der Waals surface area contributed by atoms with Gasteiger partial charge >= 0.3 is 0 Å². The van der Waals surface area contributed by atoms with Crippen LogP contribution in [0.5, 0.6) is 69.0 Å². The van der Waals surface area contributed by atoms with Crippen LogP contribution < -0.4 is 112 Å². The second-order valence-electron chi connectivity index (χ2n) is 39.5. The van der Waals surface area contributed by atoms with E-state index in [1.807, 2.05) is 214 Å². The molecule has 150 heavy (non-hydrogen) atoms. The lowest BCUT2D eigenvalue weighted by Crippen LogP contribution is -2.24. The molecule has 0 fully saturated rings. The molecule has 12 bridgehead atoms. The molecular weight excluding hydrogens is 1900 g/mol. The van der Waals surface area contributed by atoms with Gasteiger partial charge in [-0.15, -0.1) is 0 Å². The van der Waals surface area contributed by atoms with Crippen LogP contribution in [-0.4, -0.2) is 134 Å². The highest BCUT2D eigenvalue weighted by Crippen LogP contribution is 2.45. The number of rotatable bonds is 48. The summed E-state index contributed by atoms with van der Waals surface area (Å²) < 4.78 is 139. The molecule has 16 aliphatic rings. The van der Waals surface area contributed by atoms with E-state index in [-0.39, 0.29) is 0 Å². The van der Waals surface area contributed by atoms with Crippen molar-refractivity contribution in [3.05, 3.63) is 364 Å². The Morgan fingerprint density at radius 3 is 0.287 bits per heavy atom. The van der Waals surface area contributed by atoms with E-state index in [0.29, 0.717) is 265 Å². The highest BCUT2D eigenvalue weighted by molar-refractivity contribution is 5.61. The lowest BCUT2D eigenvalue weighted by atomic mass is 9.92. The summed E-state index contributed by atoms with van der Waals surface area (Å²) in [7, 11) is 24.4. The zero-order valence-electron chi connectivity index (χ0n) is 88.6. The molecule has 12 aromatic heterocycles. The quantitative estimate of drug-likeness (QED) is 0.0401. The second kappa shape index (κ2) is 48.4. The van der Waals surface area contributed by atoms with Crippen LogP contribution in [0.2, 0.25) is 0 Å². The molecule has 36 heteroatoms. The van der Waals surface area contributed by atoms with Gasteiger partial charge in [0.1, 0.15) is 376 Å². The molecule has 780 valence electrons. The smallest absolute Gasteiger partial charge is 0.243 e. The maximum atomic E-state index is 7.40. The fourth-order valence-electron chi connectivity index (χ4n) is 19.1. The summed E-state index contributed by atoms with van der Waals surface area (Å²) in [6.07, 6.45) is 76.2. The molecule has 0 unspecified atom stereocenters. The molecule has 0 amide bonds. The van der Waals surface area contributed by atoms with Crippen molar-refractivity contribution in [1.82, 2.24) is 54.8 Å². The number of benzene rings is 6. The van der Waals surface area contributed by atoms with Gasteiger partial charge in [-0.3, -0.25) is 0 Å². The van der Waals surface area contributed by atoms with Crippen LogP contribution in [0.1, 0.15) is 66.8 Å². The van der Waals surface area contributed by atoms with E-state index in [1.165, 1.54) is 0 Å². The van der Waals surface area contributed by atoms with E-state index in [9.17, 15) is 0 Å². The van der Waals surface area contributed by atoms with Gasteiger partial charge in [-0.1, -0.05) is 0 Å². The van der Waals surface area contributed by atoms with Crippen molar-refractivity contribution < 1.29 is 112 Å². The Bertz CT molecular complexity index is 5990. The lowest BCUT2D eigenvalue weighted by Gasteiger charge is -2.23. The first-order chi connectivity index (χ1) is 73.0. The number of hydrogen-bond donors (Lipinski definition) is 0. The van der Waals surface area contributed by atoms with Crippen LogP contribution in [0, 0.1) is 0 Å². The second-order valence-corrected chi connectivity index (χ2v) is 39.5. The molecule has 0 spiro atoms. The van der Waals surface area contributed by atoms with E-state index in [1.54, 1.807) is 0 Å². The van der Waals surface area contributed by atoms with Gasteiger partial charge in [-0.05, 0) is 72.8 Å². The Balaban J connectivity index is 0.850. The minimum atomic E-state index is 0.318. The van der Waals surface area contributed by atoms with Gasteiger partial charge in [0.05, 0.1) is 84.6 Å². The summed E-state index contributed by atoms with van der Waals surface area (Å²) in [6, 6.07) is 26.3. The van der Waals surface area contributed by atoms with Crippen LogP contribution in [0.3, 0.4) is 0 Å². The third-order valence-electron chi connectivity index (χ3n) is 26.9. The predicted molar refractivity (Wildman–Crippen MR) is 549 cm³/mol. The third kappa shape index (κ3) is 27.8. The van der Waals surface area contributed by atoms with Gasteiger partial charge in [0.15, 0.2) is 0 Å². The molecule has 18 aromatic rings. The number of aryl methyl sites for hydroxylation is 12. The summed E-state index contributed by atoms with van der Waals surface area (Å²) in [5.41, 5.74) is 10.4. The minimum absolute atomic E-state index is 0.318. The average Bonchev–Trinajstić information content (AvgIpc) is 1.10. The van der Waals surface area contributed by atoms with Crippen molar-refractivity contribution in [2.75, 3.05) is 79.3 Å². The molecular formula is C114H144N24O12+12. The number of imidazole rings is 12. The zero-order valence-corrected chi connectivity index (χ0v) is 88.6. The first-order valence-corrected chi connectivity index (χ1v) is 51.6. The monoisotopic (exact) mass is 2040 g/mol. The number of nitrogens with zero attached hydrogens (tertiary/aromatic N) is 24. The van der Waals surface area contributed by atoms with Gasteiger partial charge in [-0.25, -0.2) is 110 Å². The summed E-state index contributed by atoms with van der Waals surface area (Å²) in [4.78, 5) is 0. The third-order valence-corrected chi connectivity index (χ3v) is 26.9. The van der Waals surface area contributed by atoms with Crippen molar-refractivity contribution in [2.45, 2.75) is 117 Å². The summed E-state index contributed by atoms with van der Waals surface area (Å²) in [6.45, 7) is 10.6. The van der Waals surface area contributed by atoms with Crippen molar-refractivity contribution in [1.29, 1.82) is 0 Å². The Hall–Kier alpha value is -16.6. The van der Waals surface area contributed by atoms with Crippen molar-refractivity contribution in [3.63, 3.8) is 0 Å². The standard InChI is InChI=1S/C114H144N24O12/c1-115-13-25-127(79-115)37-49-139-103-67-92-62-94-70-108(144-54-42-132-30-18-120(6)84-132)96(72-107(94)143-53-41-131-29-17-119(5)83-131)64-98-74-112(148-58-46-136-34-22-124(10)88-136)100(76-111(98)147-57-45-135-33-21-123(9)87-135)66-102-78-113(149-59-47-137-35-23-125(11)89-137)101(77-114(102)150-60-48-138-36-24-126(12)90-138)65-99-75-109(145-55-43-133-31-19-121(7)85-133)97(73-110(99)146-56-44-134-32-20-122(8)86-134)63-95-71-105(141-51-39-129-27-15-117(3)81-129)93(69-106(95)142-52-40-130-28-16-118(4)82-130)61-91(103)68-104(92)140-50-38-128-26-14-116(2)80-128/h13-36,67-90H,37-66H2,1-12H3/q+12. The summed E-state index contributed by atoms with van der Waals surface area (Å²) >= 11 is 0. The maximum absolute atomic E-state index is 7.40. The average molecular weight is 2040 g/mol. The first-order valence-electron chi connectivity index (χ1n) is 51.6. The van der Waals surface area contributed by atoms with E-state index in [2.05, 4.69) is 278 Å². The molecule has 0 aliphatic heterocycles. The SMILES string of the molecule is C[n+]1ccn(CCOc2cc3c(OCCn4cc[n+](C)c4)cc2Cc2cc(OCCn4cc[n+](C)c4)c(cc2OCCn2cc[n+](C)c2)Cc2cc(OCCn4cc[n+](C)c4)c(cc2OCCn2cc[n+](C)c2)Cc2cc(OCCn4cc[n+](C)c4)c(cc2OCCn2cc[n+](C)c2)Cc2cc(OCCn4cc[n+](C)c4)c(cc2OCCn2cc[n+](C)c2)Cc2cc(OCCn4cc[n+](C)c4)c(cc2OCCn2cc[n+](C)c2)C3)c1. The highest BCUT2D eigenvalue weighted by atomic mass is 16.5. The van der Waals surface area contributed by atoms with E-state index in [0.717, 1.165) is 66.8 Å². The molecule has 0 saturated heterocycles. The van der Waals surface area contributed by atoms with Gasteiger partial charge in [0, 0.05) is 105 Å². The predicted octanol–water partition coefficient (Wildman–Crippen LogP) is 6.00. The highest BCUT2D eigenvalue weighted by Gasteiger charge is 2.29. The molecule has 0 atom stereocenters. The lowest BCUT2D eigenvalue weighted by molar-refractivity contribution is -0.671. The van der Waals surface area contributed by atoms with Crippen molar-refractivity contribution in [2.24, 2.45) is 84.6 Å². The molecule has 12 heterocycles. The Labute approximate surface area is 875 Å². The Kier molecular flexibility index (Phi) is 32.9.